The number of aliphatic hydroxyl groups is 1. The van der Waals surface area contributed by atoms with Gasteiger partial charge in [0.15, 0.2) is 0 Å². The van der Waals surface area contributed by atoms with Gasteiger partial charge in [-0.15, -0.1) is 0 Å². The summed E-state index contributed by atoms with van der Waals surface area (Å²) in [6.45, 7) is 0. The van der Waals surface area contributed by atoms with Crippen molar-refractivity contribution in [2.75, 3.05) is 14.2 Å². The maximum absolute atomic E-state index is 13.0. The predicted molar refractivity (Wildman–Crippen MR) is 39.9 cm³/mol. The van der Waals surface area contributed by atoms with Crippen molar-refractivity contribution >= 4 is 11.9 Å². The largest absolute Gasteiger partial charge is 0.467 e. The maximum Gasteiger partial charge on any atom is 0.403 e. The molecule has 2 atom stereocenters. The molecule has 0 saturated carbocycles. The summed E-state index contributed by atoms with van der Waals surface area (Å²) in [5.41, 5.74) is 0. The number of methoxy groups -OCH3 is 2. The standard InChI is InChI=1S/C7H8F4O5/c1-15-4(12)3(8)7(11,14)6(9,10)5(13)16-2/h3,14H,1-2H3. The molecule has 0 radical (unpaired) electrons. The molecule has 0 aliphatic carbocycles. The summed E-state index contributed by atoms with van der Waals surface area (Å²) < 4.78 is 58.4. The molecule has 0 aliphatic rings. The van der Waals surface area contributed by atoms with E-state index in [1.54, 1.807) is 0 Å². The number of carbonyl (C=O) groups excluding carboxylic acids is 2. The highest BCUT2D eigenvalue weighted by atomic mass is 19.3. The van der Waals surface area contributed by atoms with Crippen molar-refractivity contribution in [1.29, 1.82) is 0 Å². The van der Waals surface area contributed by atoms with Crippen LogP contribution in [-0.4, -0.2) is 49.2 Å². The van der Waals surface area contributed by atoms with E-state index in [0.29, 0.717) is 14.2 Å². The van der Waals surface area contributed by atoms with E-state index in [0.717, 1.165) is 0 Å². The Morgan fingerprint density at radius 3 is 1.94 bits per heavy atom. The Hall–Kier alpha value is -1.38. The third-order valence-electron chi connectivity index (χ3n) is 1.63. The van der Waals surface area contributed by atoms with Crippen LogP contribution in [0.2, 0.25) is 0 Å². The Balaban J connectivity index is 5.17. The zero-order valence-corrected chi connectivity index (χ0v) is 8.17. The van der Waals surface area contributed by atoms with Crippen molar-refractivity contribution in [3.63, 3.8) is 0 Å². The average molecular weight is 248 g/mol. The van der Waals surface area contributed by atoms with Gasteiger partial charge in [0.2, 0.25) is 0 Å². The first-order valence-electron chi connectivity index (χ1n) is 3.72. The minimum Gasteiger partial charge on any atom is -0.467 e. The second-order valence-electron chi connectivity index (χ2n) is 2.63. The van der Waals surface area contributed by atoms with Gasteiger partial charge in [0.05, 0.1) is 14.2 Å². The Morgan fingerprint density at radius 2 is 1.62 bits per heavy atom. The van der Waals surface area contributed by atoms with E-state index in [4.69, 9.17) is 5.11 Å². The van der Waals surface area contributed by atoms with Gasteiger partial charge in [-0.1, -0.05) is 0 Å². The van der Waals surface area contributed by atoms with Crippen LogP contribution in [0.1, 0.15) is 0 Å². The molecule has 0 aliphatic heterocycles. The highest BCUT2D eigenvalue weighted by molar-refractivity contribution is 5.82. The van der Waals surface area contributed by atoms with Crippen LogP contribution in [0.25, 0.3) is 0 Å². The van der Waals surface area contributed by atoms with Gasteiger partial charge in [-0.3, -0.25) is 0 Å². The lowest BCUT2D eigenvalue weighted by Gasteiger charge is -2.27. The molecule has 0 spiro atoms. The van der Waals surface area contributed by atoms with Crippen LogP contribution in [0.5, 0.6) is 0 Å². The van der Waals surface area contributed by atoms with Crippen LogP contribution in [0.15, 0.2) is 0 Å². The fourth-order valence-corrected chi connectivity index (χ4v) is 0.690. The second kappa shape index (κ2) is 4.64. The maximum atomic E-state index is 13.0. The molecule has 0 amide bonds. The van der Waals surface area contributed by atoms with Crippen molar-refractivity contribution in [3.8, 4) is 0 Å². The molecular formula is C7H8F4O5. The summed E-state index contributed by atoms with van der Waals surface area (Å²) >= 11 is 0. The molecule has 5 nitrogen and oxygen atoms in total. The van der Waals surface area contributed by atoms with E-state index in [-0.39, 0.29) is 0 Å². The summed E-state index contributed by atoms with van der Waals surface area (Å²) in [6.07, 6.45) is -3.74. The number of hydrogen-bond acceptors (Lipinski definition) is 5. The number of alkyl halides is 4. The van der Waals surface area contributed by atoms with Gasteiger partial charge < -0.3 is 14.6 Å². The van der Waals surface area contributed by atoms with Crippen molar-refractivity contribution in [1.82, 2.24) is 0 Å². The smallest absolute Gasteiger partial charge is 0.403 e. The molecule has 0 rings (SSSR count). The molecule has 0 aromatic heterocycles. The number of ether oxygens (including phenoxy) is 2. The molecule has 0 bridgehead atoms. The van der Waals surface area contributed by atoms with Crippen LogP contribution in [0.3, 0.4) is 0 Å². The van der Waals surface area contributed by atoms with Gasteiger partial charge in [0.1, 0.15) is 0 Å². The summed E-state index contributed by atoms with van der Waals surface area (Å²) in [5.74, 6) is -14.9. The van der Waals surface area contributed by atoms with Gasteiger partial charge in [-0.25, -0.2) is 18.4 Å². The molecule has 0 aromatic carbocycles. The van der Waals surface area contributed by atoms with E-state index < -0.39 is 29.9 Å². The SMILES string of the molecule is COC(=O)C(F)C(O)(F)C(F)(F)C(=O)OC. The molecule has 94 valence electrons. The van der Waals surface area contributed by atoms with Crippen LogP contribution < -0.4 is 0 Å². The minimum absolute atomic E-state index is 0.470. The first-order chi connectivity index (χ1) is 7.12. The van der Waals surface area contributed by atoms with Gasteiger partial charge in [-0.2, -0.15) is 8.78 Å². The molecule has 0 saturated heterocycles. The van der Waals surface area contributed by atoms with Gasteiger partial charge >= 0.3 is 23.7 Å². The van der Waals surface area contributed by atoms with Crippen LogP contribution in [0.4, 0.5) is 17.6 Å². The molecule has 0 fully saturated rings. The lowest BCUT2D eigenvalue weighted by molar-refractivity contribution is -0.277. The van der Waals surface area contributed by atoms with E-state index in [1.165, 1.54) is 0 Å². The molecule has 1 N–H and O–H groups in total. The first kappa shape index (κ1) is 14.6. The van der Waals surface area contributed by atoms with Gasteiger partial charge in [0, 0.05) is 0 Å². The van der Waals surface area contributed by atoms with Crippen molar-refractivity contribution in [3.05, 3.63) is 0 Å². The van der Waals surface area contributed by atoms with Crippen LogP contribution in [-0.2, 0) is 19.1 Å². The highest BCUT2D eigenvalue weighted by Crippen LogP contribution is 2.36. The number of rotatable bonds is 4. The molecule has 9 heteroatoms. The molecule has 2 unspecified atom stereocenters. The topological polar surface area (TPSA) is 72.8 Å². The van der Waals surface area contributed by atoms with Crippen LogP contribution in [0, 0.1) is 0 Å². The van der Waals surface area contributed by atoms with E-state index >= 15 is 0 Å². The van der Waals surface area contributed by atoms with Crippen molar-refractivity contribution < 1.29 is 41.7 Å². The summed E-state index contributed by atoms with van der Waals surface area (Å²) in [5, 5.41) is 8.52. The molecule has 0 heterocycles. The Morgan fingerprint density at radius 1 is 1.19 bits per heavy atom. The lowest BCUT2D eigenvalue weighted by Crippen LogP contribution is -2.58. The van der Waals surface area contributed by atoms with Gasteiger partial charge in [-0.05, 0) is 0 Å². The number of halogens is 4. The Bertz CT molecular complexity index is 291. The minimum atomic E-state index is -5.24. The van der Waals surface area contributed by atoms with E-state index in [1.807, 2.05) is 0 Å². The third kappa shape index (κ3) is 2.23. The zero-order chi connectivity index (χ0) is 13.1. The quantitative estimate of drug-likeness (QED) is 0.558. The zero-order valence-electron chi connectivity index (χ0n) is 8.17. The number of hydrogen-bond donors (Lipinski definition) is 1. The third-order valence-corrected chi connectivity index (χ3v) is 1.63. The summed E-state index contributed by atoms with van der Waals surface area (Å²) in [4.78, 5) is 20.8. The van der Waals surface area contributed by atoms with Gasteiger partial charge in [0.25, 0.3) is 6.17 Å². The summed E-state index contributed by atoms with van der Waals surface area (Å²) in [6, 6.07) is 0. The average Bonchev–Trinajstić information content (AvgIpc) is 2.25. The first-order valence-corrected chi connectivity index (χ1v) is 3.72. The van der Waals surface area contributed by atoms with E-state index in [9.17, 15) is 27.2 Å². The lowest BCUT2D eigenvalue weighted by atomic mass is 10.1. The summed E-state index contributed by atoms with van der Waals surface area (Å²) in [7, 11) is 1.05. The molecule has 0 aromatic rings. The monoisotopic (exact) mass is 248 g/mol. The fourth-order valence-electron chi connectivity index (χ4n) is 0.690. The number of carbonyl (C=O) groups is 2. The number of esters is 2. The fraction of sp³-hybridized carbons (Fsp3) is 0.714. The second-order valence-corrected chi connectivity index (χ2v) is 2.63. The highest BCUT2D eigenvalue weighted by Gasteiger charge is 2.68. The Labute approximate surface area is 86.9 Å². The van der Waals surface area contributed by atoms with Crippen molar-refractivity contribution in [2.45, 2.75) is 17.9 Å². The Kier molecular flexibility index (Phi) is 4.24. The molecular weight excluding hydrogens is 240 g/mol. The molecule has 16 heavy (non-hydrogen) atoms. The predicted octanol–water partition coefficient (Wildman–Crippen LogP) is -0.0361. The van der Waals surface area contributed by atoms with Crippen LogP contribution >= 0.6 is 0 Å². The normalized spacial score (nSPS) is 17.2. The van der Waals surface area contributed by atoms with Crippen molar-refractivity contribution in [2.24, 2.45) is 0 Å². The van der Waals surface area contributed by atoms with E-state index in [2.05, 4.69) is 9.47 Å².